The second kappa shape index (κ2) is 6.40. The Morgan fingerprint density at radius 3 is 2.57 bits per heavy atom. The topological polar surface area (TPSA) is 89.3 Å². The molecule has 1 N–H and O–H groups in total. The zero-order valence-electron chi connectivity index (χ0n) is 15.4. The van der Waals surface area contributed by atoms with Gasteiger partial charge >= 0.3 is 0 Å². The first-order valence-corrected chi connectivity index (χ1v) is 10.4. The number of aromatic nitrogens is 6. The summed E-state index contributed by atoms with van der Waals surface area (Å²) in [5.74, 6) is -1.68. The van der Waals surface area contributed by atoms with Gasteiger partial charge in [-0.3, -0.25) is 4.79 Å². The number of hydrogen-bond acceptors (Lipinski definition) is 6. The standard InChI is InChI=1S/C18H20F2N6OS/c1-9-24-25-17(28-9)12-3-2-11(12)14-22-15-13(16(27)23-14)8-21-26(15)10-4-6-18(19,20)7-5-10/h8,10-12H,2-7H2,1H3,(H,22,23,27)/t11-,12-/m0/s1. The van der Waals surface area contributed by atoms with Crippen molar-refractivity contribution < 1.29 is 8.78 Å². The second-order valence-electron chi connectivity index (χ2n) is 7.81. The first kappa shape index (κ1) is 17.8. The van der Waals surface area contributed by atoms with Crippen LogP contribution in [0.2, 0.25) is 0 Å². The van der Waals surface area contributed by atoms with Crippen molar-refractivity contribution in [3.63, 3.8) is 0 Å². The quantitative estimate of drug-likeness (QED) is 0.717. The molecule has 5 rings (SSSR count). The van der Waals surface area contributed by atoms with E-state index >= 15 is 0 Å². The van der Waals surface area contributed by atoms with Crippen molar-refractivity contribution >= 4 is 22.4 Å². The summed E-state index contributed by atoms with van der Waals surface area (Å²) >= 11 is 1.57. The molecule has 2 atom stereocenters. The van der Waals surface area contributed by atoms with Gasteiger partial charge in [0.05, 0.1) is 12.2 Å². The van der Waals surface area contributed by atoms with Crippen LogP contribution in [0, 0.1) is 6.92 Å². The Kier molecular flexibility index (Phi) is 4.08. The lowest BCUT2D eigenvalue weighted by Gasteiger charge is -2.34. The Morgan fingerprint density at radius 1 is 1.18 bits per heavy atom. The van der Waals surface area contributed by atoms with Gasteiger partial charge in [-0.1, -0.05) is 0 Å². The maximum Gasteiger partial charge on any atom is 0.262 e. The summed E-state index contributed by atoms with van der Waals surface area (Å²) in [6.45, 7) is 1.92. The van der Waals surface area contributed by atoms with E-state index in [1.807, 2.05) is 6.92 Å². The highest BCUT2D eigenvalue weighted by atomic mass is 32.1. The molecule has 2 fully saturated rings. The number of fused-ring (bicyclic) bond motifs is 1. The first-order chi connectivity index (χ1) is 13.4. The zero-order valence-corrected chi connectivity index (χ0v) is 16.2. The summed E-state index contributed by atoms with van der Waals surface area (Å²) in [7, 11) is 0. The summed E-state index contributed by atoms with van der Waals surface area (Å²) in [6.07, 6.45) is 3.75. The van der Waals surface area contributed by atoms with Crippen LogP contribution in [-0.4, -0.2) is 35.9 Å². The van der Waals surface area contributed by atoms with Gasteiger partial charge in [-0.2, -0.15) is 5.10 Å². The van der Waals surface area contributed by atoms with Crippen molar-refractivity contribution in [1.82, 2.24) is 29.9 Å². The molecule has 2 aliphatic carbocycles. The fourth-order valence-electron chi connectivity index (χ4n) is 4.25. The van der Waals surface area contributed by atoms with Gasteiger partial charge in [0.1, 0.15) is 21.2 Å². The molecule has 7 nitrogen and oxygen atoms in total. The van der Waals surface area contributed by atoms with Gasteiger partial charge in [0.2, 0.25) is 5.92 Å². The van der Waals surface area contributed by atoms with Crippen LogP contribution in [0.25, 0.3) is 11.0 Å². The maximum atomic E-state index is 13.5. The molecular formula is C18H20F2N6OS. The average molecular weight is 406 g/mol. The van der Waals surface area contributed by atoms with Crippen molar-refractivity contribution in [2.24, 2.45) is 0 Å². The summed E-state index contributed by atoms with van der Waals surface area (Å²) in [6, 6.07) is -0.151. The molecule has 0 spiro atoms. The minimum atomic E-state index is -2.60. The van der Waals surface area contributed by atoms with Gasteiger partial charge < -0.3 is 4.98 Å². The van der Waals surface area contributed by atoms with Crippen LogP contribution >= 0.6 is 11.3 Å². The predicted molar refractivity (Wildman–Crippen MR) is 100.0 cm³/mol. The molecule has 3 aromatic heterocycles. The highest BCUT2D eigenvalue weighted by Gasteiger charge is 2.39. The molecule has 10 heteroatoms. The van der Waals surface area contributed by atoms with Crippen LogP contribution in [-0.2, 0) is 0 Å². The molecule has 0 unspecified atom stereocenters. The molecule has 28 heavy (non-hydrogen) atoms. The van der Waals surface area contributed by atoms with Crippen molar-refractivity contribution in [1.29, 1.82) is 0 Å². The van der Waals surface area contributed by atoms with E-state index in [0.717, 1.165) is 22.9 Å². The molecule has 0 saturated heterocycles. The number of H-pyrrole nitrogens is 1. The summed E-state index contributed by atoms with van der Waals surface area (Å²) in [5, 5.41) is 15.0. The molecular weight excluding hydrogens is 386 g/mol. The molecule has 148 valence electrons. The van der Waals surface area contributed by atoms with Crippen molar-refractivity contribution in [2.45, 2.75) is 69.2 Å². The van der Waals surface area contributed by atoms with Gasteiger partial charge in [0.25, 0.3) is 5.56 Å². The Bertz CT molecular complexity index is 1080. The highest BCUT2D eigenvalue weighted by molar-refractivity contribution is 7.11. The van der Waals surface area contributed by atoms with Gasteiger partial charge in [0.15, 0.2) is 5.65 Å². The van der Waals surface area contributed by atoms with E-state index in [4.69, 9.17) is 4.98 Å². The first-order valence-electron chi connectivity index (χ1n) is 9.56. The second-order valence-corrected chi connectivity index (χ2v) is 9.03. The molecule has 3 aromatic rings. The fraction of sp³-hybridized carbons (Fsp3) is 0.611. The molecule has 2 saturated carbocycles. The Balaban J connectivity index is 1.49. The molecule has 0 amide bonds. The van der Waals surface area contributed by atoms with E-state index in [2.05, 4.69) is 20.3 Å². The summed E-state index contributed by atoms with van der Waals surface area (Å²) in [4.78, 5) is 20.2. The summed E-state index contributed by atoms with van der Waals surface area (Å²) < 4.78 is 28.7. The third kappa shape index (κ3) is 2.94. The van der Waals surface area contributed by atoms with Crippen LogP contribution in [0.4, 0.5) is 8.78 Å². The van der Waals surface area contributed by atoms with E-state index in [-0.39, 0.29) is 36.3 Å². The van der Waals surface area contributed by atoms with E-state index < -0.39 is 5.92 Å². The van der Waals surface area contributed by atoms with Gasteiger partial charge in [-0.05, 0) is 32.6 Å². The lowest BCUT2D eigenvalue weighted by Crippen LogP contribution is -2.28. The number of alkyl halides is 2. The smallest absolute Gasteiger partial charge is 0.262 e. The Hall–Kier alpha value is -2.23. The normalized spacial score (nSPS) is 25.1. The minimum absolute atomic E-state index is 0.0866. The number of halogens is 2. The lowest BCUT2D eigenvalue weighted by molar-refractivity contribution is -0.0446. The Morgan fingerprint density at radius 2 is 1.93 bits per heavy atom. The molecule has 0 aliphatic heterocycles. The maximum absolute atomic E-state index is 13.5. The number of rotatable bonds is 3. The average Bonchev–Trinajstić information content (AvgIpc) is 3.21. The van der Waals surface area contributed by atoms with E-state index in [0.29, 0.717) is 29.7 Å². The zero-order chi connectivity index (χ0) is 19.5. The molecule has 2 aliphatic rings. The molecule has 0 radical (unpaired) electrons. The summed E-state index contributed by atoms with van der Waals surface area (Å²) in [5.41, 5.74) is 0.263. The number of nitrogens with one attached hydrogen (secondary N) is 1. The van der Waals surface area contributed by atoms with Crippen LogP contribution < -0.4 is 5.56 Å². The largest absolute Gasteiger partial charge is 0.310 e. The van der Waals surface area contributed by atoms with Gasteiger partial charge in [0, 0.05) is 24.7 Å². The van der Waals surface area contributed by atoms with Gasteiger partial charge in [-0.25, -0.2) is 18.4 Å². The predicted octanol–water partition coefficient (Wildman–Crippen LogP) is 3.69. The van der Waals surface area contributed by atoms with Crippen LogP contribution in [0.3, 0.4) is 0 Å². The minimum Gasteiger partial charge on any atom is -0.310 e. The number of nitrogens with zero attached hydrogens (tertiary/aromatic N) is 5. The number of aromatic amines is 1. The van der Waals surface area contributed by atoms with Crippen LogP contribution in [0.1, 0.15) is 72.2 Å². The monoisotopic (exact) mass is 406 g/mol. The lowest BCUT2D eigenvalue weighted by atomic mass is 9.73. The molecule has 0 bridgehead atoms. The van der Waals surface area contributed by atoms with E-state index in [1.165, 1.54) is 6.20 Å². The SMILES string of the molecule is Cc1nnc([C@H]2CC[C@@H]2c2nc3c(cnn3C3CCC(F)(F)CC3)c(=O)[nH]2)s1. The highest BCUT2D eigenvalue weighted by Crippen LogP contribution is 2.48. The van der Waals surface area contributed by atoms with Crippen molar-refractivity contribution in [3.8, 4) is 0 Å². The molecule has 3 heterocycles. The third-order valence-corrected chi connectivity index (χ3v) is 6.97. The van der Waals surface area contributed by atoms with Crippen molar-refractivity contribution in [3.05, 3.63) is 32.4 Å². The van der Waals surface area contributed by atoms with Crippen LogP contribution in [0.5, 0.6) is 0 Å². The Labute approximate surface area is 163 Å². The van der Waals surface area contributed by atoms with E-state index in [9.17, 15) is 13.6 Å². The number of hydrogen-bond donors (Lipinski definition) is 1. The van der Waals surface area contributed by atoms with E-state index in [1.54, 1.807) is 16.0 Å². The van der Waals surface area contributed by atoms with Crippen molar-refractivity contribution in [2.75, 3.05) is 0 Å². The molecule has 0 aromatic carbocycles. The third-order valence-electron chi connectivity index (χ3n) is 6.00. The fourth-order valence-corrected chi connectivity index (χ4v) is 5.15. The van der Waals surface area contributed by atoms with Crippen LogP contribution in [0.15, 0.2) is 11.0 Å². The van der Waals surface area contributed by atoms with Gasteiger partial charge in [-0.15, -0.1) is 21.5 Å². The number of aryl methyl sites for hydroxylation is 1.